The minimum Gasteiger partial charge on any atom is -0.476 e. The van der Waals surface area contributed by atoms with Crippen LogP contribution in [0, 0.1) is 0 Å². The zero-order chi connectivity index (χ0) is 17.7. The molecule has 2 N–H and O–H groups in total. The Labute approximate surface area is 143 Å². The summed E-state index contributed by atoms with van der Waals surface area (Å²) in [5, 5.41) is 14.3. The smallest absolute Gasteiger partial charge is 0.355 e. The molecule has 0 aromatic carbocycles. The fourth-order valence-electron chi connectivity index (χ4n) is 1.58. The predicted octanol–water partition coefficient (Wildman–Crippen LogP) is 3.68. The van der Waals surface area contributed by atoms with E-state index in [4.69, 9.17) is 14.3 Å². The number of carbonyl (C=O) groups is 1. The first-order chi connectivity index (χ1) is 10.6. The Morgan fingerprint density at radius 1 is 1.48 bits per heavy atom. The monoisotopic (exact) mass is 360 g/mol. The summed E-state index contributed by atoms with van der Waals surface area (Å²) in [5.41, 5.74) is 0.0713. The molecule has 0 aliphatic heterocycles. The maximum absolute atomic E-state index is 10.8. The number of nitrogens with one attached hydrogen (secondary N) is 1. The molecule has 0 aliphatic rings. The maximum Gasteiger partial charge on any atom is 0.355 e. The van der Waals surface area contributed by atoms with Crippen molar-refractivity contribution >= 4 is 30.8 Å². The second kappa shape index (κ2) is 8.23. The van der Waals surface area contributed by atoms with Crippen molar-refractivity contribution in [2.75, 3.05) is 25.6 Å². The number of ether oxygens (including phenoxy) is 1. The molecule has 132 valence electrons. The molecule has 0 saturated heterocycles. The van der Waals surface area contributed by atoms with Gasteiger partial charge in [-0.1, -0.05) is 20.8 Å². The fourth-order valence-corrected chi connectivity index (χ4v) is 3.33. The molecule has 1 aromatic heterocycles. The normalized spacial score (nSPS) is 13.8. The number of hydrogen-bond acceptors (Lipinski definition) is 6. The van der Waals surface area contributed by atoms with E-state index < -0.39 is 14.3 Å². The van der Waals surface area contributed by atoms with Crippen molar-refractivity contribution in [2.24, 2.45) is 0 Å². The summed E-state index contributed by atoms with van der Waals surface area (Å²) in [5.74, 6) is -1.01. The lowest BCUT2D eigenvalue weighted by Gasteiger charge is -2.37. The Morgan fingerprint density at radius 2 is 2.13 bits per heavy atom. The van der Waals surface area contributed by atoms with Gasteiger partial charge in [-0.05, 0) is 24.6 Å². The summed E-state index contributed by atoms with van der Waals surface area (Å²) in [6.07, 6.45) is 0.781. The van der Waals surface area contributed by atoms with Crippen molar-refractivity contribution in [1.29, 1.82) is 0 Å². The SMILES string of the molecule is COC(CCNc1nc(C(=O)O)cs1)CO[Si](C)(C)C(C)(C)C. The average molecular weight is 361 g/mol. The minimum absolute atomic E-state index is 0.00975. The summed E-state index contributed by atoms with van der Waals surface area (Å²) in [6.45, 7) is 12.3. The van der Waals surface area contributed by atoms with Crippen LogP contribution in [0.25, 0.3) is 0 Å². The highest BCUT2D eigenvalue weighted by Crippen LogP contribution is 2.36. The highest BCUT2D eigenvalue weighted by atomic mass is 32.1. The third-order valence-corrected chi connectivity index (χ3v) is 9.54. The summed E-state index contributed by atoms with van der Waals surface area (Å²) in [4.78, 5) is 14.8. The van der Waals surface area contributed by atoms with Crippen LogP contribution in [0.15, 0.2) is 5.38 Å². The lowest BCUT2D eigenvalue weighted by Crippen LogP contribution is -2.43. The zero-order valence-electron chi connectivity index (χ0n) is 14.8. The molecule has 0 spiro atoms. The molecule has 0 aliphatic carbocycles. The highest BCUT2D eigenvalue weighted by molar-refractivity contribution is 7.13. The van der Waals surface area contributed by atoms with E-state index in [0.717, 1.165) is 6.42 Å². The summed E-state index contributed by atoms with van der Waals surface area (Å²) in [6, 6.07) is 0. The van der Waals surface area contributed by atoms with E-state index in [1.54, 1.807) is 7.11 Å². The number of hydrogen-bond donors (Lipinski definition) is 2. The molecule has 1 unspecified atom stereocenters. The van der Waals surface area contributed by atoms with Crippen molar-refractivity contribution in [1.82, 2.24) is 4.98 Å². The van der Waals surface area contributed by atoms with Gasteiger partial charge in [-0.2, -0.15) is 0 Å². The number of methoxy groups -OCH3 is 1. The molecule has 0 amide bonds. The van der Waals surface area contributed by atoms with Gasteiger partial charge in [0.2, 0.25) is 0 Å². The number of carboxylic acids is 1. The Kier molecular flexibility index (Phi) is 7.18. The lowest BCUT2D eigenvalue weighted by molar-refractivity contribution is 0.0497. The average Bonchev–Trinajstić information content (AvgIpc) is 2.90. The number of thiazole rings is 1. The van der Waals surface area contributed by atoms with E-state index in [9.17, 15) is 4.79 Å². The van der Waals surface area contributed by atoms with Crippen LogP contribution in [-0.4, -0.2) is 50.7 Å². The zero-order valence-corrected chi connectivity index (χ0v) is 16.6. The first-order valence-corrected chi connectivity index (χ1v) is 11.4. The molecular formula is C15H28N2O4SSi. The van der Waals surface area contributed by atoms with Gasteiger partial charge in [0.15, 0.2) is 19.1 Å². The number of rotatable bonds is 9. The Balaban J connectivity index is 2.40. The predicted molar refractivity (Wildman–Crippen MR) is 96.1 cm³/mol. The van der Waals surface area contributed by atoms with Gasteiger partial charge >= 0.3 is 5.97 Å². The van der Waals surface area contributed by atoms with Crippen LogP contribution in [0.2, 0.25) is 18.1 Å². The molecule has 6 nitrogen and oxygen atoms in total. The summed E-state index contributed by atoms with van der Waals surface area (Å²) < 4.78 is 11.7. The van der Waals surface area contributed by atoms with Gasteiger partial charge in [0.1, 0.15) is 0 Å². The van der Waals surface area contributed by atoms with E-state index in [0.29, 0.717) is 18.3 Å². The minimum atomic E-state index is -1.77. The van der Waals surface area contributed by atoms with Crippen LogP contribution in [0.3, 0.4) is 0 Å². The topological polar surface area (TPSA) is 80.7 Å². The van der Waals surface area contributed by atoms with Gasteiger partial charge in [-0.25, -0.2) is 9.78 Å². The van der Waals surface area contributed by atoms with Crippen LogP contribution in [-0.2, 0) is 9.16 Å². The van der Waals surface area contributed by atoms with Crippen molar-refractivity contribution in [3.63, 3.8) is 0 Å². The molecule has 0 bridgehead atoms. The standard InChI is InChI=1S/C15H28N2O4SSi/c1-15(2,3)23(5,6)21-9-11(20-4)7-8-16-14-17-12(10-22-14)13(18)19/h10-11H,7-9H2,1-6H3,(H,16,17)(H,18,19). The van der Waals surface area contributed by atoms with E-state index in [2.05, 4.69) is 44.2 Å². The fraction of sp³-hybridized carbons (Fsp3) is 0.733. The van der Waals surface area contributed by atoms with Gasteiger partial charge in [-0.15, -0.1) is 11.3 Å². The molecule has 23 heavy (non-hydrogen) atoms. The Bertz CT molecular complexity index is 514. The van der Waals surface area contributed by atoms with Crippen molar-refractivity contribution in [2.45, 2.75) is 51.4 Å². The van der Waals surface area contributed by atoms with Crippen LogP contribution in [0.1, 0.15) is 37.7 Å². The molecule has 1 atom stereocenters. The molecule has 0 radical (unpaired) electrons. The molecule has 1 rings (SSSR count). The lowest BCUT2D eigenvalue weighted by atomic mass is 10.2. The molecule has 0 fully saturated rings. The number of aromatic carboxylic acids is 1. The van der Waals surface area contributed by atoms with Crippen LogP contribution < -0.4 is 5.32 Å². The van der Waals surface area contributed by atoms with Crippen molar-refractivity contribution < 1.29 is 19.1 Å². The van der Waals surface area contributed by atoms with Crippen molar-refractivity contribution in [3.05, 3.63) is 11.1 Å². The molecule has 1 heterocycles. The highest BCUT2D eigenvalue weighted by Gasteiger charge is 2.37. The first kappa shape index (κ1) is 20.1. The van der Waals surface area contributed by atoms with E-state index in [1.165, 1.54) is 16.7 Å². The van der Waals surface area contributed by atoms with E-state index in [-0.39, 0.29) is 16.8 Å². The number of anilines is 1. The van der Waals surface area contributed by atoms with Crippen molar-refractivity contribution in [3.8, 4) is 0 Å². The molecule has 1 aromatic rings. The quantitative estimate of drug-likeness (QED) is 0.654. The summed E-state index contributed by atoms with van der Waals surface area (Å²) in [7, 11) is -0.0862. The Morgan fingerprint density at radius 3 is 2.61 bits per heavy atom. The second-order valence-electron chi connectivity index (χ2n) is 6.99. The first-order valence-electron chi connectivity index (χ1n) is 7.66. The van der Waals surface area contributed by atoms with Gasteiger partial charge in [-0.3, -0.25) is 0 Å². The maximum atomic E-state index is 10.8. The number of aromatic nitrogens is 1. The second-order valence-corrected chi connectivity index (χ2v) is 12.7. The van der Waals surface area contributed by atoms with Gasteiger partial charge in [0, 0.05) is 19.0 Å². The van der Waals surface area contributed by atoms with E-state index in [1.807, 2.05) is 0 Å². The third-order valence-electron chi connectivity index (χ3n) is 4.24. The summed E-state index contributed by atoms with van der Waals surface area (Å²) >= 11 is 1.29. The largest absolute Gasteiger partial charge is 0.476 e. The molecule has 8 heteroatoms. The van der Waals surface area contributed by atoms with Gasteiger partial charge in [0.05, 0.1) is 12.7 Å². The molecular weight excluding hydrogens is 332 g/mol. The number of nitrogens with zero attached hydrogens (tertiary/aromatic N) is 1. The Hall–Kier alpha value is -0.963. The third kappa shape index (κ3) is 6.21. The molecule has 0 saturated carbocycles. The van der Waals surface area contributed by atoms with Crippen LogP contribution in [0.4, 0.5) is 5.13 Å². The number of carboxylic acid groups (broad SMARTS) is 1. The van der Waals surface area contributed by atoms with Crippen LogP contribution in [0.5, 0.6) is 0 Å². The van der Waals surface area contributed by atoms with Gasteiger partial charge < -0.3 is 19.6 Å². The van der Waals surface area contributed by atoms with Gasteiger partial charge in [0.25, 0.3) is 0 Å². The van der Waals surface area contributed by atoms with Crippen LogP contribution >= 0.6 is 11.3 Å². The van der Waals surface area contributed by atoms with E-state index >= 15 is 0 Å².